The molecule has 0 radical (unpaired) electrons. The molecule has 0 saturated carbocycles. The molecule has 0 aliphatic heterocycles. The number of aromatic carboxylic acids is 1. The molecular formula is C32H23N7O9S. The number of azo groups is 3. The maximum atomic E-state index is 12.6. The van der Waals surface area contributed by atoms with E-state index in [9.17, 15) is 37.9 Å². The topological polar surface area (TPSA) is 256 Å². The van der Waals surface area contributed by atoms with Crippen LogP contribution in [0.4, 0.5) is 39.8 Å². The minimum absolute atomic E-state index is 0.0164. The molecule has 17 heteroatoms. The van der Waals surface area contributed by atoms with Gasteiger partial charge in [-0.1, -0.05) is 12.1 Å². The fourth-order valence-corrected chi connectivity index (χ4v) is 4.56. The van der Waals surface area contributed by atoms with E-state index in [0.717, 1.165) is 6.07 Å². The number of nitrogens with zero attached hydrogens (tertiary/aromatic N) is 6. The third-order valence-electron chi connectivity index (χ3n) is 6.49. The molecule has 5 aromatic rings. The molecule has 0 aliphatic rings. The van der Waals surface area contributed by atoms with Gasteiger partial charge >= 0.3 is 5.97 Å². The second kappa shape index (κ2) is 14.3. The zero-order valence-corrected chi connectivity index (χ0v) is 25.6. The van der Waals surface area contributed by atoms with Gasteiger partial charge in [-0.15, -0.1) is 15.3 Å². The van der Waals surface area contributed by atoms with Crippen molar-refractivity contribution in [1.29, 1.82) is 0 Å². The lowest BCUT2D eigenvalue weighted by Crippen LogP contribution is -2.12. The molecule has 49 heavy (non-hydrogen) atoms. The van der Waals surface area contributed by atoms with E-state index in [4.69, 9.17) is 5.11 Å². The Kier molecular flexibility index (Phi) is 9.77. The molecular weight excluding hydrogens is 658 g/mol. The van der Waals surface area contributed by atoms with E-state index in [1.807, 2.05) is 0 Å². The van der Waals surface area contributed by atoms with Gasteiger partial charge in [-0.3, -0.25) is 9.35 Å². The zero-order valence-electron chi connectivity index (χ0n) is 24.8. The second-order valence-electron chi connectivity index (χ2n) is 9.93. The highest BCUT2D eigenvalue weighted by Gasteiger charge is 2.14. The first-order valence-corrected chi connectivity index (χ1v) is 15.3. The van der Waals surface area contributed by atoms with Gasteiger partial charge in [0.15, 0.2) is 11.4 Å². The van der Waals surface area contributed by atoms with Crippen LogP contribution in [0.25, 0.3) is 0 Å². The van der Waals surface area contributed by atoms with E-state index < -0.39 is 33.5 Å². The van der Waals surface area contributed by atoms with Crippen molar-refractivity contribution >= 4 is 61.8 Å². The zero-order chi connectivity index (χ0) is 35.1. The summed E-state index contributed by atoms with van der Waals surface area (Å²) in [6.07, 6.45) is 0. The number of benzene rings is 5. The highest BCUT2D eigenvalue weighted by Crippen LogP contribution is 2.44. The molecule has 0 aromatic heterocycles. The molecule has 0 aliphatic carbocycles. The maximum Gasteiger partial charge on any atom is 0.335 e. The number of amides is 1. The monoisotopic (exact) mass is 681 g/mol. The SMILES string of the molecule is O=C(O)c1cccc(NC(=O)c2ccc(N=Nc3c(O)ccc(N=Nc4cc(N=Nc5cccc(S(=O)(=O)O)c5)ccc4O)c3O)cc2)c1. The Morgan fingerprint density at radius 3 is 1.94 bits per heavy atom. The normalized spacial score (nSPS) is 11.8. The van der Waals surface area contributed by atoms with E-state index in [-0.39, 0.29) is 55.9 Å². The number of hydrogen-bond donors (Lipinski definition) is 6. The van der Waals surface area contributed by atoms with Gasteiger partial charge in [0.05, 0.1) is 27.5 Å². The number of phenolic OH excluding ortho intramolecular Hbond substituents is 3. The Balaban J connectivity index is 1.29. The van der Waals surface area contributed by atoms with Gasteiger partial charge < -0.3 is 25.7 Å². The number of hydrogen-bond acceptors (Lipinski definition) is 13. The van der Waals surface area contributed by atoms with E-state index in [2.05, 4.69) is 36.0 Å². The summed E-state index contributed by atoms with van der Waals surface area (Å²) in [6.45, 7) is 0. The average Bonchev–Trinajstić information content (AvgIpc) is 3.08. The number of rotatable bonds is 10. The lowest BCUT2D eigenvalue weighted by atomic mass is 10.1. The molecule has 0 bridgehead atoms. The largest absolute Gasteiger partial charge is 0.506 e. The van der Waals surface area contributed by atoms with Crippen LogP contribution in [0.3, 0.4) is 0 Å². The molecule has 0 fully saturated rings. The fourth-order valence-electron chi connectivity index (χ4n) is 4.04. The van der Waals surface area contributed by atoms with Crippen LogP contribution in [0.5, 0.6) is 17.2 Å². The number of carbonyl (C=O) groups excluding carboxylic acids is 1. The highest BCUT2D eigenvalue weighted by molar-refractivity contribution is 7.85. The van der Waals surface area contributed by atoms with Crippen LogP contribution in [-0.2, 0) is 10.1 Å². The number of phenols is 3. The smallest absolute Gasteiger partial charge is 0.335 e. The molecule has 16 nitrogen and oxygen atoms in total. The predicted molar refractivity (Wildman–Crippen MR) is 174 cm³/mol. The molecule has 0 unspecified atom stereocenters. The minimum Gasteiger partial charge on any atom is -0.506 e. The number of carboxylic acids is 1. The van der Waals surface area contributed by atoms with Gasteiger partial charge in [-0.05, 0) is 91.0 Å². The molecule has 0 spiro atoms. The van der Waals surface area contributed by atoms with Crippen molar-refractivity contribution in [3.63, 3.8) is 0 Å². The van der Waals surface area contributed by atoms with Crippen molar-refractivity contribution in [3.05, 3.63) is 114 Å². The van der Waals surface area contributed by atoms with Crippen LogP contribution in [-0.4, -0.2) is 45.3 Å². The van der Waals surface area contributed by atoms with Gasteiger partial charge in [0.25, 0.3) is 16.0 Å². The van der Waals surface area contributed by atoms with Crippen LogP contribution in [0.2, 0.25) is 0 Å². The van der Waals surface area contributed by atoms with Crippen molar-refractivity contribution in [2.75, 3.05) is 5.32 Å². The van der Waals surface area contributed by atoms with Crippen LogP contribution < -0.4 is 5.32 Å². The Hall–Kier alpha value is -6.85. The quantitative estimate of drug-likeness (QED) is 0.0611. The Labute approximate surface area is 276 Å². The van der Waals surface area contributed by atoms with Crippen molar-refractivity contribution in [1.82, 2.24) is 0 Å². The summed E-state index contributed by atoms with van der Waals surface area (Å²) in [5, 5.41) is 66.7. The second-order valence-corrected chi connectivity index (χ2v) is 11.4. The number of aromatic hydroxyl groups is 3. The summed E-state index contributed by atoms with van der Waals surface area (Å²) in [5.74, 6) is -2.93. The van der Waals surface area contributed by atoms with E-state index in [0.29, 0.717) is 5.69 Å². The van der Waals surface area contributed by atoms with E-state index in [1.165, 1.54) is 91.0 Å². The molecule has 5 aromatic carbocycles. The van der Waals surface area contributed by atoms with Crippen molar-refractivity contribution < 1.29 is 43.0 Å². The fraction of sp³-hybridized carbons (Fsp3) is 0. The summed E-state index contributed by atoms with van der Waals surface area (Å²) in [4.78, 5) is 23.4. The Bertz CT molecular complexity index is 2270. The number of nitrogens with one attached hydrogen (secondary N) is 1. The minimum atomic E-state index is -4.44. The number of carboxylic acid groups (broad SMARTS) is 1. The average molecular weight is 682 g/mol. The third-order valence-corrected chi connectivity index (χ3v) is 7.34. The van der Waals surface area contributed by atoms with Gasteiger partial charge in [0.2, 0.25) is 0 Å². The van der Waals surface area contributed by atoms with Crippen LogP contribution in [0.15, 0.2) is 139 Å². The van der Waals surface area contributed by atoms with E-state index >= 15 is 0 Å². The summed E-state index contributed by atoms with van der Waals surface area (Å²) < 4.78 is 31.9. The van der Waals surface area contributed by atoms with Crippen molar-refractivity contribution in [2.45, 2.75) is 4.90 Å². The molecule has 6 N–H and O–H groups in total. The Morgan fingerprint density at radius 1 is 0.592 bits per heavy atom. The number of carbonyl (C=O) groups is 2. The molecule has 0 heterocycles. The molecule has 246 valence electrons. The molecule has 5 rings (SSSR count). The van der Waals surface area contributed by atoms with Gasteiger partial charge in [-0.2, -0.15) is 23.8 Å². The summed E-state index contributed by atoms with van der Waals surface area (Å²) >= 11 is 0. The highest BCUT2D eigenvalue weighted by atomic mass is 32.2. The number of anilines is 1. The first-order valence-electron chi connectivity index (χ1n) is 13.8. The van der Waals surface area contributed by atoms with Gasteiger partial charge in [0.1, 0.15) is 22.9 Å². The lowest BCUT2D eigenvalue weighted by Gasteiger charge is -2.06. The van der Waals surface area contributed by atoms with Crippen LogP contribution in [0, 0.1) is 0 Å². The van der Waals surface area contributed by atoms with Crippen molar-refractivity contribution in [3.8, 4) is 17.2 Å². The third kappa shape index (κ3) is 8.50. The predicted octanol–water partition coefficient (Wildman–Crippen LogP) is 8.25. The first kappa shape index (κ1) is 33.5. The molecule has 1 amide bonds. The Morgan fingerprint density at radius 2 is 1.22 bits per heavy atom. The van der Waals surface area contributed by atoms with Crippen LogP contribution in [0.1, 0.15) is 20.7 Å². The first-order chi connectivity index (χ1) is 23.4. The van der Waals surface area contributed by atoms with Gasteiger partial charge in [-0.25, -0.2) is 4.79 Å². The van der Waals surface area contributed by atoms with Gasteiger partial charge in [0, 0.05) is 11.3 Å². The molecule has 0 saturated heterocycles. The maximum absolute atomic E-state index is 12.6. The van der Waals surface area contributed by atoms with Crippen molar-refractivity contribution in [2.24, 2.45) is 30.7 Å². The lowest BCUT2D eigenvalue weighted by molar-refractivity contribution is 0.0696. The molecule has 0 atom stereocenters. The summed E-state index contributed by atoms with van der Waals surface area (Å²) in [6, 6.07) is 23.1. The summed E-state index contributed by atoms with van der Waals surface area (Å²) in [5.41, 5.74) is 0.597. The van der Waals surface area contributed by atoms with E-state index in [1.54, 1.807) is 6.07 Å². The summed E-state index contributed by atoms with van der Waals surface area (Å²) in [7, 11) is -4.44. The standard InChI is InChI=1S/C32H23N7O9S/c40-27-13-11-23(36-35-22-5-2-6-24(16-22)49(46,47)48)17-26(27)38-37-25-12-14-28(41)29(30(25)42)39-34-20-9-7-18(8-10-20)31(43)33-21-4-1-3-19(15-21)32(44)45/h1-17,40-42H,(H,33,43)(H,44,45)(H,46,47,48). The van der Waals surface area contributed by atoms with Crippen LogP contribution >= 0.6 is 0 Å².